The molecular weight excluding hydrogens is 386 g/mol. The Morgan fingerprint density at radius 2 is 1.64 bits per heavy atom. The van der Waals surface area contributed by atoms with Crippen molar-refractivity contribution in [2.45, 2.75) is 0 Å². The number of nitrogens with zero attached hydrogens (tertiary/aromatic N) is 4. The van der Waals surface area contributed by atoms with Crippen LogP contribution in [-0.2, 0) is 0 Å². The Labute approximate surface area is 170 Å². The first-order valence-corrected chi connectivity index (χ1v) is 10.4. The second-order valence-corrected chi connectivity index (χ2v) is 7.80. The second kappa shape index (κ2) is 7.38. The molecular formula is C21H15N5S2. The Bertz CT molecular complexity index is 1180. The smallest absolute Gasteiger partial charge is 0.187 e. The summed E-state index contributed by atoms with van der Waals surface area (Å²) in [6.07, 6.45) is 5.48. The average Bonchev–Trinajstić information content (AvgIpc) is 3.50. The first-order chi connectivity index (χ1) is 13.8. The predicted molar refractivity (Wildman–Crippen MR) is 116 cm³/mol. The molecule has 0 aliphatic carbocycles. The third-order valence-corrected chi connectivity index (χ3v) is 5.84. The summed E-state index contributed by atoms with van der Waals surface area (Å²) in [5, 5.41) is 9.26. The molecule has 5 rings (SSSR count). The maximum atomic E-state index is 4.74. The van der Waals surface area contributed by atoms with Gasteiger partial charge in [-0.3, -0.25) is 0 Å². The number of hydrogen-bond acceptors (Lipinski definition) is 6. The first-order valence-electron chi connectivity index (χ1n) is 8.67. The Morgan fingerprint density at radius 1 is 0.821 bits per heavy atom. The van der Waals surface area contributed by atoms with Gasteiger partial charge in [0.1, 0.15) is 10.7 Å². The zero-order valence-electron chi connectivity index (χ0n) is 14.7. The fourth-order valence-corrected chi connectivity index (χ4v) is 4.39. The topological polar surface area (TPSA) is 55.6 Å². The van der Waals surface area contributed by atoms with E-state index in [1.54, 1.807) is 35.2 Å². The van der Waals surface area contributed by atoms with Crippen molar-refractivity contribution in [2.24, 2.45) is 0 Å². The fraction of sp³-hybridized carbons (Fsp3) is 0. The van der Waals surface area contributed by atoms with Gasteiger partial charge in [0.15, 0.2) is 5.13 Å². The van der Waals surface area contributed by atoms with Gasteiger partial charge in [0.05, 0.1) is 12.0 Å². The van der Waals surface area contributed by atoms with E-state index in [1.165, 1.54) is 0 Å². The highest BCUT2D eigenvalue weighted by atomic mass is 32.1. The van der Waals surface area contributed by atoms with Crippen molar-refractivity contribution in [3.05, 3.63) is 84.1 Å². The quantitative estimate of drug-likeness (QED) is 0.401. The van der Waals surface area contributed by atoms with Gasteiger partial charge in [-0.05, 0) is 24.3 Å². The summed E-state index contributed by atoms with van der Waals surface area (Å²) in [6, 6.07) is 18.4. The number of imidazole rings is 1. The Kier molecular flexibility index (Phi) is 4.44. The summed E-state index contributed by atoms with van der Waals surface area (Å²) in [7, 11) is 0. The van der Waals surface area contributed by atoms with Crippen molar-refractivity contribution in [2.75, 3.05) is 5.32 Å². The molecule has 0 unspecified atom stereocenters. The number of benzene rings is 2. The molecule has 0 bridgehead atoms. The first kappa shape index (κ1) is 16.9. The summed E-state index contributed by atoms with van der Waals surface area (Å²) in [6.45, 7) is 0. The molecule has 136 valence electrons. The van der Waals surface area contributed by atoms with Crippen LogP contribution in [0.25, 0.3) is 27.6 Å². The van der Waals surface area contributed by atoms with E-state index >= 15 is 0 Å². The third kappa shape index (κ3) is 3.45. The number of hydrogen-bond donors (Lipinski definition) is 1. The van der Waals surface area contributed by atoms with E-state index in [0.717, 1.165) is 38.5 Å². The zero-order chi connectivity index (χ0) is 18.8. The van der Waals surface area contributed by atoms with Gasteiger partial charge in [-0.1, -0.05) is 30.3 Å². The molecule has 0 saturated carbocycles. The van der Waals surface area contributed by atoms with Gasteiger partial charge in [-0.15, -0.1) is 22.7 Å². The molecule has 0 aliphatic rings. The van der Waals surface area contributed by atoms with Crippen molar-refractivity contribution in [3.8, 4) is 27.6 Å². The number of thiazole rings is 2. The van der Waals surface area contributed by atoms with Crippen LogP contribution in [0.3, 0.4) is 0 Å². The van der Waals surface area contributed by atoms with Gasteiger partial charge in [-0.25, -0.2) is 15.0 Å². The van der Waals surface area contributed by atoms with Crippen molar-refractivity contribution < 1.29 is 0 Å². The minimum absolute atomic E-state index is 0.849. The van der Waals surface area contributed by atoms with E-state index < -0.39 is 0 Å². The van der Waals surface area contributed by atoms with Gasteiger partial charge in [0, 0.05) is 40.1 Å². The molecule has 0 saturated heterocycles. The summed E-state index contributed by atoms with van der Waals surface area (Å²) < 4.78 is 1.97. The molecule has 2 aromatic carbocycles. The van der Waals surface area contributed by atoms with Gasteiger partial charge in [0.25, 0.3) is 0 Å². The average molecular weight is 402 g/mol. The molecule has 1 N–H and O–H groups in total. The second-order valence-electron chi connectivity index (χ2n) is 6.08. The van der Waals surface area contributed by atoms with Gasteiger partial charge < -0.3 is 9.88 Å². The lowest BCUT2D eigenvalue weighted by molar-refractivity contribution is 1.06. The van der Waals surface area contributed by atoms with Crippen molar-refractivity contribution >= 4 is 33.5 Å². The van der Waals surface area contributed by atoms with Crippen LogP contribution < -0.4 is 5.32 Å². The van der Waals surface area contributed by atoms with Crippen LogP contribution in [0.4, 0.5) is 10.8 Å². The van der Waals surface area contributed by atoms with E-state index in [9.17, 15) is 0 Å². The van der Waals surface area contributed by atoms with Gasteiger partial charge >= 0.3 is 0 Å². The molecule has 0 radical (unpaired) electrons. The Hall–Kier alpha value is -3.29. The highest BCUT2D eigenvalue weighted by Gasteiger charge is 2.10. The number of anilines is 2. The van der Waals surface area contributed by atoms with E-state index in [2.05, 4.69) is 27.8 Å². The third-order valence-electron chi connectivity index (χ3n) is 4.22. The van der Waals surface area contributed by atoms with E-state index in [4.69, 9.17) is 9.97 Å². The summed E-state index contributed by atoms with van der Waals surface area (Å²) in [5.41, 5.74) is 5.07. The van der Waals surface area contributed by atoms with Crippen LogP contribution >= 0.6 is 22.7 Å². The summed E-state index contributed by atoms with van der Waals surface area (Å²) in [5.74, 6) is 0. The summed E-state index contributed by atoms with van der Waals surface area (Å²) in [4.78, 5) is 13.5. The lowest BCUT2D eigenvalue weighted by atomic mass is 10.2. The molecule has 5 aromatic rings. The van der Waals surface area contributed by atoms with E-state index in [1.807, 2.05) is 58.6 Å². The number of nitrogens with one attached hydrogen (secondary N) is 1. The molecule has 28 heavy (non-hydrogen) atoms. The van der Waals surface area contributed by atoms with Gasteiger partial charge in [0.2, 0.25) is 0 Å². The molecule has 3 aromatic heterocycles. The van der Waals surface area contributed by atoms with Crippen LogP contribution in [0.15, 0.2) is 84.1 Å². The summed E-state index contributed by atoms with van der Waals surface area (Å²) >= 11 is 3.19. The maximum Gasteiger partial charge on any atom is 0.187 e. The molecule has 0 spiro atoms. The number of rotatable bonds is 5. The van der Waals surface area contributed by atoms with Crippen LogP contribution in [0, 0.1) is 0 Å². The Morgan fingerprint density at radius 3 is 2.43 bits per heavy atom. The zero-order valence-corrected chi connectivity index (χ0v) is 16.3. The minimum atomic E-state index is 0.849. The SMILES string of the molecule is c1ccc(-c2csc(-c3csc(Nc4ccc(-n5ccnc5)cc4)n3)n2)cc1. The monoisotopic (exact) mass is 401 g/mol. The fourth-order valence-electron chi connectivity index (χ4n) is 2.81. The molecule has 7 heteroatoms. The van der Waals surface area contributed by atoms with Crippen molar-refractivity contribution in [1.82, 2.24) is 19.5 Å². The van der Waals surface area contributed by atoms with E-state index in [0.29, 0.717) is 0 Å². The lowest BCUT2D eigenvalue weighted by Gasteiger charge is -2.05. The molecule has 0 atom stereocenters. The molecule has 0 aliphatic heterocycles. The molecule has 5 nitrogen and oxygen atoms in total. The molecule has 0 amide bonds. The van der Waals surface area contributed by atoms with Crippen molar-refractivity contribution in [3.63, 3.8) is 0 Å². The highest BCUT2D eigenvalue weighted by Crippen LogP contribution is 2.32. The van der Waals surface area contributed by atoms with E-state index in [-0.39, 0.29) is 0 Å². The molecule has 3 heterocycles. The standard InChI is InChI=1S/C21H15N5S2/c1-2-4-15(5-3-1)18-12-27-20(24-18)19-13-28-21(25-19)23-16-6-8-17(9-7-16)26-11-10-22-14-26/h1-14H,(H,23,25). The Balaban J connectivity index is 1.32. The molecule has 0 fully saturated rings. The van der Waals surface area contributed by atoms with Crippen LogP contribution in [0.5, 0.6) is 0 Å². The van der Waals surface area contributed by atoms with Crippen LogP contribution in [0.1, 0.15) is 0 Å². The predicted octanol–water partition coefficient (Wildman–Crippen LogP) is 5.86. The largest absolute Gasteiger partial charge is 0.332 e. The minimum Gasteiger partial charge on any atom is -0.332 e. The normalized spacial score (nSPS) is 10.9. The maximum absolute atomic E-state index is 4.74. The highest BCUT2D eigenvalue weighted by molar-refractivity contribution is 7.15. The van der Waals surface area contributed by atoms with Gasteiger partial charge in [-0.2, -0.15) is 0 Å². The van der Waals surface area contributed by atoms with Crippen LogP contribution in [-0.4, -0.2) is 19.5 Å². The number of aromatic nitrogens is 4. The van der Waals surface area contributed by atoms with Crippen LogP contribution in [0.2, 0.25) is 0 Å². The van der Waals surface area contributed by atoms with Crippen molar-refractivity contribution in [1.29, 1.82) is 0 Å². The lowest BCUT2D eigenvalue weighted by Crippen LogP contribution is -1.92.